The van der Waals surface area contributed by atoms with Crippen molar-refractivity contribution in [3.63, 3.8) is 0 Å². The van der Waals surface area contributed by atoms with Crippen LogP contribution in [0.2, 0.25) is 0 Å². The van der Waals surface area contributed by atoms with E-state index in [1.54, 1.807) is 4.31 Å². The van der Waals surface area contributed by atoms with Crippen LogP contribution in [0.5, 0.6) is 0 Å². The van der Waals surface area contributed by atoms with Crippen LogP contribution >= 0.6 is 0 Å². The fourth-order valence-electron chi connectivity index (χ4n) is 3.69. The molecule has 2 aromatic carbocycles. The molecule has 0 aliphatic carbocycles. The van der Waals surface area contributed by atoms with Crippen molar-refractivity contribution in [3.05, 3.63) is 59.2 Å². The first-order valence-electron chi connectivity index (χ1n) is 9.05. The lowest BCUT2D eigenvalue weighted by atomic mass is 10.1. The second kappa shape index (κ2) is 6.93. The van der Waals surface area contributed by atoms with Gasteiger partial charge in [0.25, 0.3) is 0 Å². The number of hydrogen-bond donors (Lipinski definition) is 0. The Labute approximate surface area is 155 Å². The zero-order valence-electron chi connectivity index (χ0n) is 15.0. The minimum absolute atomic E-state index is 0.0426. The summed E-state index contributed by atoms with van der Waals surface area (Å²) in [6.07, 6.45) is 0.770. The minimum atomic E-state index is -3.41. The molecule has 0 bridgehead atoms. The molecule has 1 saturated heterocycles. The van der Waals surface area contributed by atoms with Crippen molar-refractivity contribution >= 4 is 21.4 Å². The number of benzene rings is 2. The molecule has 1 fully saturated rings. The predicted octanol–water partition coefficient (Wildman–Crippen LogP) is 2.72. The van der Waals surface area contributed by atoms with Crippen LogP contribution in [0.4, 0.5) is 11.4 Å². The first kappa shape index (κ1) is 17.4. The Balaban J connectivity index is 1.62. The van der Waals surface area contributed by atoms with Crippen LogP contribution in [0.15, 0.2) is 42.5 Å². The summed E-state index contributed by atoms with van der Waals surface area (Å²) >= 11 is 0. The molecule has 2 aliphatic rings. The van der Waals surface area contributed by atoms with Gasteiger partial charge in [0, 0.05) is 25.3 Å². The fourth-order valence-corrected chi connectivity index (χ4v) is 5.40. The molecule has 26 heavy (non-hydrogen) atoms. The van der Waals surface area contributed by atoms with Gasteiger partial charge in [-0.1, -0.05) is 30.3 Å². The smallest absolute Gasteiger partial charge is 0.239 e. The quantitative estimate of drug-likeness (QED) is 0.828. The average Bonchev–Trinajstić information content (AvgIpc) is 3.08. The molecule has 0 atom stereocenters. The number of sulfonamides is 1. The summed E-state index contributed by atoms with van der Waals surface area (Å²) in [5.74, 6) is 0.0426. The van der Waals surface area contributed by atoms with Crippen LogP contribution in [0.1, 0.15) is 16.7 Å². The van der Waals surface area contributed by atoms with Gasteiger partial charge in [-0.15, -0.1) is 0 Å². The molecule has 0 amide bonds. The monoisotopic (exact) mass is 372 g/mol. The Morgan fingerprint density at radius 1 is 1.04 bits per heavy atom. The van der Waals surface area contributed by atoms with Crippen LogP contribution in [-0.2, 0) is 26.9 Å². The summed E-state index contributed by atoms with van der Waals surface area (Å²) in [5.41, 5.74) is 4.89. The topological polar surface area (TPSA) is 49.9 Å². The van der Waals surface area contributed by atoms with E-state index >= 15 is 0 Å². The maximum absolute atomic E-state index is 13.1. The van der Waals surface area contributed by atoms with Gasteiger partial charge in [0.2, 0.25) is 10.0 Å². The van der Waals surface area contributed by atoms with Crippen molar-refractivity contribution in [1.82, 2.24) is 0 Å². The maximum atomic E-state index is 13.1. The van der Waals surface area contributed by atoms with E-state index in [0.29, 0.717) is 19.8 Å². The SMILES string of the molecule is Cc1ccccc1CS(=O)(=O)N1CCc2ccc(N3CCOCC3)cc21. The third-order valence-corrected chi connectivity index (χ3v) is 6.96. The van der Waals surface area contributed by atoms with E-state index in [1.165, 1.54) is 0 Å². The number of anilines is 2. The molecule has 0 N–H and O–H groups in total. The number of aryl methyl sites for hydroxylation is 1. The summed E-state index contributed by atoms with van der Waals surface area (Å²) in [6.45, 7) is 5.59. The average molecular weight is 372 g/mol. The van der Waals surface area contributed by atoms with Crippen LogP contribution < -0.4 is 9.21 Å². The Morgan fingerprint density at radius 2 is 1.81 bits per heavy atom. The molecule has 6 heteroatoms. The number of hydrogen-bond acceptors (Lipinski definition) is 4. The Bertz CT molecular complexity index is 905. The summed E-state index contributed by atoms with van der Waals surface area (Å²) in [7, 11) is -3.41. The van der Waals surface area contributed by atoms with Gasteiger partial charge in [-0.05, 0) is 42.2 Å². The highest BCUT2D eigenvalue weighted by Crippen LogP contribution is 2.35. The summed E-state index contributed by atoms with van der Waals surface area (Å²) < 4.78 is 33.2. The molecule has 2 aromatic rings. The largest absolute Gasteiger partial charge is 0.378 e. The van der Waals surface area contributed by atoms with Gasteiger partial charge >= 0.3 is 0 Å². The minimum Gasteiger partial charge on any atom is -0.378 e. The summed E-state index contributed by atoms with van der Waals surface area (Å²) in [5, 5.41) is 0. The highest BCUT2D eigenvalue weighted by atomic mass is 32.2. The highest BCUT2D eigenvalue weighted by Gasteiger charge is 2.30. The standard InChI is InChI=1S/C20H24N2O3S/c1-16-4-2-3-5-18(16)15-26(23,24)22-9-8-17-6-7-19(14-20(17)22)21-10-12-25-13-11-21/h2-7,14H,8-13,15H2,1H3. The molecule has 2 aliphatic heterocycles. The first-order chi connectivity index (χ1) is 12.5. The van der Waals surface area contributed by atoms with E-state index in [9.17, 15) is 8.42 Å². The first-order valence-corrected chi connectivity index (χ1v) is 10.7. The number of nitrogens with zero attached hydrogens (tertiary/aromatic N) is 2. The zero-order chi connectivity index (χ0) is 18.1. The van der Waals surface area contributed by atoms with Crippen LogP contribution in [0.3, 0.4) is 0 Å². The molecule has 0 radical (unpaired) electrons. The lowest BCUT2D eigenvalue weighted by Gasteiger charge is -2.30. The van der Waals surface area contributed by atoms with Gasteiger partial charge in [0.1, 0.15) is 0 Å². The summed E-state index contributed by atoms with van der Waals surface area (Å²) in [6, 6.07) is 13.9. The van der Waals surface area contributed by atoms with Crippen LogP contribution in [0, 0.1) is 6.92 Å². The molecule has 0 saturated carbocycles. The number of fused-ring (bicyclic) bond motifs is 1. The molecular weight excluding hydrogens is 348 g/mol. The van der Waals surface area contributed by atoms with E-state index in [2.05, 4.69) is 17.0 Å². The van der Waals surface area contributed by atoms with Gasteiger partial charge in [-0.25, -0.2) is 8.42 Å². The number of rotatable bonds is 4. The van der Waals surface area contributed by atoms with Gasteiger partial charge in [-0.2, -0.15) is 0 Å². The van der Waals surface area contributed by atoms with Crippen molar-refractivity contribution in [1.29, 1.82) is 0 Å². The number of morpholine rings is 1. The Morgan fingerprint density at radius 3 is 2.58 bits per heavy atom. The van der Waals surface area contributed by atoms with E-state index < -0.39 is 10.0 Å². The molecule has 2 heterocycles. The van der Waals surface area contributed by atoms with Gasteiger partial charge < -0.3 is 9.64 Å². The molecule has 5 nitrogen and oxygen atoms in total. The Hall–Kier alpha value is -2.05. The summed E-state index contributed by atoms with van der Waals surface area (Å²) in [4.78, 5) is 2.26. The Kier molecular flexibility index (Phi) is 4.63. The molecule has 0 spiro atoms. The van der Waals surface area contributed by atoms with Crippen molar-refractivity contribution < 1.29 is 13.2 Å². The molecular formula is C20H24N2O3S. The fraction of sp³-hybridized carbons (Fsp3) is 0.400. The van der Waals surface area contributed by atoms with Gasteiger partial charge in [-0.3, -0.25) is 4.31 Å². The van der Waals surface area contributed by atoms with Crippen LogP contribution in [-0.4, -0.2) is 41.3 Å². The van der Waals surface area contributed by atoms with E-state index in [4.69, 9.17) is 4.74 Å². The molecule has 0 unspecified atom stereocenters. The van der Waals surface area contributed by atoms with E-state index in [-0.39, 0.29) is 5.75 Å². The van der Waals surface area contributed by atoms with Crippen molar-refractivity contribution in [2.75, 3.05) is 42.1 Å². The van der Waals surface area contributed by atoms with Crippen molar-refractivity contribution in [2.45, 2.75) is 19.1 Å². The molecule has 0 aromatic heterocycles. The molecule has 4 rings (SSSR count). The van der Waals surface area contributed by atoms with Gasteiger partial charge in [0.15, 0.2) is 0 Å². The lowest BCUT2D eigenvalue weighted by molar-refractivity contribution is 0.122. The van der Waals surface area contributed by atoms with Crippen molar-refractivity contribution in [3.8, 4) is 0 Å². The number of ether oxygens (including phenoxy) is 1. The third-order valence-electron chi connectivity index (χ3n) is 5.23. The van der Waals surface area contributed by atoms with Gasteiger partial charge in [0.05, 0.1) is 24.7 Å². The zero-order valence-corrected chi connectivity index (χ0v) is 15.8. The third kappa shape index (κ3) is 3.31. The lowest BCUT2D eigenvalue weighted by Crippen LogP contribution is -2.36. The van der Waals surface area contributed by atoms with E-state index in [1.807, 2.05) is 37.3 Å². The van der Waals surface area contributed by atoms with Crippen LogP contribution in [0.25, 0.3) is 0 Å². The maximum Gasteiger partial charge on any atom is 0.239 e. The van der Waals surface area contributed by atoms with Crippen molar-refractivity contribution in [2.24, 2.45) is 0 Å². The normalized spacial score (nSPS) is 17.4. The van der Waals surface area contributed by atoms with E-state index in [0.717, 1.165) is 47.6 Å². The second-order valence-corrected chi connectivity index (χ2v) is 8.81. The second-order valence-electron chi connectivity index (χ2n) is 6.92. The highest BCUT2D eigenvalue weighted by molar-refractivity contribution is 7.92. The predicted molar refractivity (Wildman–Crippen MR) is 104 cm³/mol. The molecule has 138 valence electrons.